The Balaban J connectivity index is 2.55. The van der Waals surface area contributed by atoms with Gasteiger partial charge in [0.1, 0.15) is 0 Å². The van der Waals surface area contributed by atoms with Crippen LogP contribution in [0.25, 0.3) is 0 Å². The summed E-state index contributed by atoms with van der Waals surface area (Å²) < 4.78 is 4.92. The van der Waals surface area contributed by atoms with Gasteiger partial charge in [-0.3, -0.25) is 4.79 Å². The zero-order valence-corrected chi connectivity index (χ0v) is 10.7. The topological polar surface area (TPSA) is 81.4 Å². The van der Waals surface area contributed by atoms with Crippen molar-refractivity contribution in [3.05, 3.63) is 29.3 Å². The summed E-state index contributed by atoms with van der Waals surface area (Å²) in [4.78, 5) is 23.0. The smallest absolute Gasteiger partial charge is 0.338 e. The van der Waals surface area contributed by atoms with Crippen molar-refractivity contribution in [2.75, 3.05) is 18.9 Å². The van der Waals surface area contributed by atoms with E-state index in [2.05, 4.69) is 5.32 Å². The molecule has 0 spiro atoms. The van der Waals surface area contributed by atoms with Gasteiger partial charge in [-0.1, -0.05) is 13.0 Å². The third-order valence-corrected chi connectivity index (χ3v) is 2.39. The Labute approximate surface area is 106 Å². The number of esters is 1. The molecule has 0 saturated heterocycles. The molecule has 1 amide bonds. The van der Waals surface area contributed by atoms with Crippen molar-refractivity contribution in [3.63, 3.8) is 0 Å². The van der Waals surface area contributed by atoms with Gasteiger partial charge in [-0.25, -0.2) is 4.79 Å². The normalized spacial score (nSPS) is 9.89. The first-order chi connectivity index (χ1) is 8.54. The van der Waals surface area contributed by atoms with Gasteiger partial charge in [0.05, 0.1) is 5.56 Å². The average molecular weight is 250 g/mol. The number of aryl methyl sites for hydroxylation is 1. The van der Waals surface area contributed by atoms with Crippen LogP contribution in [0.5, 0.6) is 0 Å². The first kappa shape index (κ1) is 14.0. The fraction of sp³-hybridized carbons (Fsp3) is 0.385. The number of rotatable bonds is 5. The lowest BCUT2D eigenvalue weighted by molar-refractivity contribution is -0.124. The van der Waals surface area contributed by atoms with Crippen molar-refractivity contribution in [3.8, 4) is 0 Å². The molecule has 1 aromatic carbocycles. The van der Waals surface area contributed by atoms with Crippen LogP contribution in [-0.2, 0) is 9.53 Å². The molecule has 0 heterocycles. The molecule has 1 rings (SSSR count). The van der Waals surface area contributed by atoms with Crippen LogP contribution in [-0.4, -0.2) is 25.0 Å². The second kappa shape index (κ2) is 6.64. The minimum absolute atomic E-state index is 0.271. The molecule has 5 heteroatoms. The molecule has 0 aliphatic rings. The van der Waals surface area contributed by atoms with E-state index >= 15 is 0 Å². The van der Waals surface area contributed by atoms with Crippen LogP contribution in [0, 0.1) is 6.92 Å². The third kappa shape index (κ3) is 4.08. The first-order valence-electron chi connectivity index (χ1n) is 5.84. The maximum Gasteiger partial charge on any atom is 0.338 e. The molecule has 0 radical (unpaired) electrons. The van der Waals surface area contributed by atoms with Crippen molar-refractivity contribution in [2.45, 2.75) is 20.3 Å². The summed E-state index contributed by atoms with van der Waals surface area (Å²) in [5.41, 5.74) is 7.24. The van der Waals surface area contributed by atoms with Gasteiger partial charge in [0.2, 0.25) is 0 Å². The van der Waals surface area contributed by atoms with Gasteiger partial charge in [0, 0.05) is 12.2 Å². The lowest BCUT2D eigenvalue weighted by Crippen LogP contribution is -2.29. The molecule has 0 bridgehead atoms. The summed E-state index contributed by atoms with van der Waals surface area (Å²) in [7, 11) is 0. The van der Waals surface area contributed by atoms with Gasteiger partial charge in [-0.2, -0.15) is 0 Å². The van der Waals surface area contributed by atoms with Crippen molar-refractivity contribution in [1.82, 2.24) is 5.32 Å². The summed E-state index contributed by atoms with van der Waals surface area (Å²) in [6.07, 6.45) is 0.841. The fourth-order valence-electron chi connectivity index (χ4n) is 1.38. The van der Waals surface area contributed by atoms with Crippen LogP contribution in [0.1, 0.15) is 29.3 Å². The first-order valence-corrected chi connectivity index (χ1v) is 5.84. The Morgan fingerprint density at radius 2 is 2.11 bits per heavy atom. The summed E-state index contributed by atoms with van der Waals surface area (Å²) in [5.74, 6) is -0.835. The van der Waals surface area contributed by atoms with E-state index in [4.69, 9.17) is 10.5 Å². The van der Waals surface area contributed by atoms with E-state index in [1.54, 1.807) is 25.1 Å². The number of amides is 1. The number of carbonyl (C=O) groups is 2. The molecule has 0 saturated carbocycles. The Kier molecular flexibility index (Phi) is 5.17. The number of hydrogen-bond donors (Lipinski definition) is 2. The Hall–Kier alpha value is -2.04. The summed E-state index contributed by atoms with van der Waals surface area (Å²) in [6.45, 7) is 4.04. The van der Waals surface area contributed by atoms with Crippen molar-refractivity contribution < 1.29 is 14.3 Å². The van der Waals surface area contributed by atoms with Crippen LogP contribution in [0.15, 0.2) is 18.2 Å². The standard InChI is InChI=1S/C13H18N2O3/c1-3-6-15-12(16)8-18-13(17)11-7-10(14)5-4-9(11)2/h4-5,7H,3,6,8,14H2,1-2H3,(H,15,16). The van der Waals surface area contributed by atoms with E-state index in [1.807, 2.05) is 6.92 Å². The monoisotopic (exact) mass is 250 g/mol. The molecule has 0 fully saturated rings. The van der Waals surface area contributed by atoms with Crippen LogP contribution >= 0.6 is 0 Å². The maximum absolute atomic E-state index is 11.7. The van der Waals surface area contributed by atoms with Crippen molar-refractivity contribution in [1.29, 1.82) is 0 Å². The van der Waals surface area contributed by atoms with E-state index in [-0.39, 0.29) is 12.5 Å². The predicted molar refractivity (Wildman–Crippen MR) is 69.2 cm³/mol. The summed E-state index contributed by atoms with van der Waals surface area (Å²) in [6, 6.07) is 4.99. The number of nitrogen functional groups attached to an aromatic ring is 1. The molecule has 5 nitrogen and oxygen atoms in total. The fourth-order valence-corrected chi connectivity index (χ4v) is 1.38. The third-order valence-electron chi connectivity index (χ3n) is 2.39. The Morgan fingerprint density at radius 3 is 2.78 bits per heavy atom. The lowest BCUT2D eigenvalue weighted by atomic mass is 10.1. The molecule has 0 unspecified atom stereocenters. The Morgan fingerprint density at radius 1 is 1.39 bits per heavy atom. The van der Waals surface area contributed by atoms with Crippen LogP contribution in [0.4, 0.5) is 5.69 Å². The molecule has 1 aromatic rings. The van der Waals surface area contributed by atoms with Gasteiger partial charge in [0.25, 0.3) is 5.91 Å². The zero-order valence-electron chi connectivity index (χ0n) is 10.7. The van der Waals surface area contributed by atoms with Crippen molar-refractivity contribution in [2.24, 2.45) is 0 Å². The average Bonchev–Trinajstić information content (AvgIpc) is 2.36. The van der Waals surface area contributed by atoms with Crippen LogP contribution < -0.4 is 11.1 Å². The van der Waals surface area contributed by atoms with E-state index in [9.17, 15) is 9.59 Å². The molecule has 0 atom stereocenters. The van der Waals surface area contributed by atoms with E-state index in [0.29, 0.717) is 17.8 Å². The number of ether oxygens (including phenoxy) is 1. The predicted octanol–water partition coefficient (Wildman–Crippen LogP) is 1.26. The van der Waals surface area contributed by atoms with E-state index in [0.717, 1.165) is 12.0 Å². The van der Waals surface area contributed by atoms with Gasteiger partial charge >= 0.3 is 5.97 Å². The maximum atomic E-state index is 11.7. The second-order valence-corrected chi connectivity index (χ2v) is 4.00. The minimum atomic E-state index is -0.536. The van der Waals surface area contributed by atoms with Crippen LogP contribution in [0.2, 0.25) is 0 Å². The number of nitrogens with one attached hydrogen (secondary N) is 1. The molecular formula is C13H18N2O3. The number of hydrogen-bond acceptors (Lipinski definition) is 4. The van der Waals surface area contributed by atoms with Gasteiger partial charge in [-0.05, 0) is 31.0 Å². The lowest BCUT2D eigenvalue weighted by Gasteiger charge is -2.08. The molecule has 98 valence electrons. The second-order valence-electron chi connectivity index (χ2n) is 4.00. The van der Waals surface area contributed by atoms with Gasteiger partial charge < -0.3 is 15.8 Å². The quantitative estimate of drug-likeness (QED) is 0.609. The molecular weight excluding hydrogens is 232 g/mol. The SMILES string of the molecule is CCCNC(=O)COC(=O)c1cc(N)ccc1C. The molecule has 0 aliphatic carbocycles. The number of carbonyl (C=O) groups excluding carboxylic acids is 2. The molecule has 18 heavy (non-hydrogen) atoms. The highest BCUT2D eigenvalue weighted by atomic mass is 16.5. The van der Waals surface area contributed by atoms with Crippen molar-refractivity contribution >= 4 is 17.6 Å². The summed E-state index contributed by atoms with van der Waals surface area (Å²) in [5, 5.41) is 2.62. The van der Waals surface area contributed by atoms with E-state index < -0.39 is 5.97 Å². The highest BCUT2D eigenvalue weighted by Gasteiger charge is 2.12. The highest BCUT2D eigenvalue weighted by Crippen LogP contribution is 2.13. The molecule has 0 aliphatic heterocycles. The zero-order chi connectivity index (χ0) is 13.5. The molecule has 3 N–H and O–H groups in total. The highest BCUT2D eigenvalue weighted by molar-refractivity contribution is 5.93. The van der Waals surface area contributed by atoms with E-state index in [1.165, 1.54) is 0 Å². The molecule has 0 aromatic heterocycles. The number of benzene rings is 1. The van der Waals surface area contributed by atoms with Gasteiger partial charge in [-0.15, -0.1) is 0 Å². The Bertz CT molecular complexity index is 444. The number of anilines is 1. The largest absolute Gasteiger partial charge is 0.452 e. The minimum Gasteiger partial charge on any atom is -0.452 e. The summed E-state index contributed by atoms with van der Waals surface area (Å²) >= 11 is 0. The van der Waals surface area contributed by atoms with Crippen LogP contribution in [0.3, 0.4) is 0 Å². The van der Waals surface area contributed by atoms with Gasteiger partial charge in [0.15, 0.2) is 6.61 Å². The number of nitrogens with two attached hydrogens (primary N) is 1.